The van der Waals surface area contributed by atoms with Crippen molar-refractivity contribution < 1.29 is 9.50 Å². The molecule has 1 unspecified atom stereocenters. The molecule has 14 heavy (non-hydrogen) atoms. The molecule has 1 N–H and O–H groups in total. The van der Waals surface area contributed by atoms with Gasteiger partial charge in [-0.1, -0.05) is 0 Å². The van der Waals surface area contributed by atoms with Crippen LogP contribution in [0.4, 0.5) is 4.39 Å². The number of fused-ring (bicyclic) bond motifs is 1. The Hall–Kier alpha value is -1.42. The maximum absolute atomic E-state index is 13.3. The fourth-order valence-electron chi connectivity index (χ4n) is 1.67. The van der Waals surface area contributed by atoms with E-state index < -0.39 is 6.10 Å². The zero-order valence-corrected chi connectivity index (χ0v) is 8.03. The van der Waals surface area contributed by atoms with Crippen molar-refractivity contribution in [3.63, 3.8) is 0 Å². The predicted molar refractivity (Wildman–Crippen MR) is 50.5 cm³/mol. The molecule has 2 aromatic rings. The molecule has 0 aromatic carbocycles. The molecule has 2 aromatic heterocycles. The molecule has 74 valence electrons. The predicted octanol–water partition coefficient (Wildman–Crippen LogP) is 1.84. The van der Waals surface area contributed by atoms with E-state index in [1.54, 1.807) is 30.5 Å². The summed E-state index contributed by atoms with van der Waals surface area (Å²) in [6.07, 6.45) is 1.05. The third-order valence-electron chi connectivity index (χ3n) is 2.22. The zero-order valence-electron chi connectivity index (χ0n) is 8.03. The molecule has 0 spiro atoms. The normalized spacial score (nSPS) is 13.4. The molecule has 3 nitrogen and oxygen atoms in total. The molecular formula is C10H11FN2O. The summed E-state index contributed by atoms with van der Waals surface area (Å²) in [5.41, 5.74) is 1.56. The van der Waals surface area contributed by atoms with Crippen LogP contribution in [0, 0.1) is 12.7 Å². The fourth-order valence-corrected chi connectivity index (χ4v) is 1.67. The van der Waals surface area contributed by atoms with Gasteiger partial charge in [-0.3, -0.25) is 4.40 Å². The molecule has 0 aliphatic rings. The molecule has 1 atom stereocenters. The lowest BCUT2D eigenvalue weighted by Gasteiger charge is -2.04. The van der Waals surface area contributed by atoms with Gasteiger partial charge in [0, 0.05) is 6.20 Å². The Morgan fingerprint density at radius 2 is 2.29 bits per heavy atom. The van der Waals surface area contributed by atoms with E-state index in [9.17, 15) is 9.50 Å². The molecular weight excluding hydrogens is 183 g/mol. The smallest absolute Gasteiger partial charge is 0.173 e. The second-order valence-electron chi connectivity index (χ2n) is 3.31. The van der Waals surface area contributed by atoms with Gasteiger partial charge in [0.25, 0.3) is 0 Å². The van der Waals surface area contributed by atoms with Gasteiger partial charge in [0.1, 0.15) is 0 Å². The van der Waals surface area contributed by atoms with Crippen LogP contribution in [0.25, 0.3) is 5.65 Å². The summed E-state index contributed by atoms with van der Waals surface area (Å²) < 4.78 is 14.9. The summed E-state index contributed by atoms with van der Waals surface area (Å²) in [7, 11) is 0. The number of imidazole rings is 1. The van der Waals surface area contributed by atoms with E-state index in [1.165, 1.54) is 6.07 Å². The van der Waals surface area contributed by atoms with Crippen LogP contribution in [0.15, 0.2) is 18.3 Å². The molecule has 4 heteroatoms. The fraction of sp³-hybridized carbons (Fsp3) is 0.300. The summed E-state index contributed by atoms with van der Waals surface area (Å²) in [6, 6.07) is 2.95. The Balaban J connectivity index is 2.83. The second kappa shape index (κ2) is 3.06. The summed E-state index contributed by atoms with van der Waals surface area (Å²) in [5, 5.41) is 9.50. The number of aliphatic hydroxyl groups excluding tert-OH is 1. The van der Waals surface area contributed by atoms with Crippen molar-refractivity contribution in [2.24, 2.45) is 0 Å². The summed E-state index contributed by atoms with van der Waals surface area (Å²) in [5.74, 6) is -0.373. The van der Waals surface area contributed by atoms with Crippen molar-refractivity contribution in [2.45, 2.75) is 20.0 Å². The van der Waals surface area contributed by atoms with Crippen LogP contribution in [0.5, 0.6) is 0 Å². The first-order chi connectivity index (χ1) is 6.61. The monoisotopic (exact) mass is 194 g/mol. The summed E-state index contributed by atoms with van der Waals surface area (Å²) >= 11 is 0. The summed E-state index contributed by atoms with van der Waals surface area (Å²) in [6.45, 7) is 3.40. The molecule has 0 amide bonds. The molecule has 0 bridgehead atoms. The number of rotatable bonds is 1. The van der Waals surface area contributed by atoms with Gasteiger partial charge in [0.15, 0.2) is 11.5 Å². The summed E-state index contributed by atoms with van der Waals surface area (Å²) in [4.78, 5) is 4.06. The van der Waals surface area contributed by atoms with Gasteiger partial charge in [-0.25, -0.2) is 9.37 Å². The first kappa shape index (κ1) is 9.15. The Morgan fingerprint density at radius 1 is 1.57 bits per heavy atom. The van der Waals surface area contributed by atoms with Crippen LogP contribution in [-0.2, 0) is 0 Å². The van der Waals surface area contributed by atoms with Crippen LogP contribution in [0.3, 0.4) is 0 Å². The number of aliphatic hydroxyl groups is 1. The minimum Gasteiger partial charge on any atom is -0.387 e. The van der Waals surface area contributed by atoms with E-state index in [0.717, 1.165) is 0 Å². The standard InChI is InChI=1S/C10H11FN2O/c1-6-9(7(2)14)13-5-3-4-8(11)10(13)12-6/h3-5,7,14H,1-2H3. The molecule has 0 radical (unpaired) electrons. The molecule has 2 rings (SSSR count). The van der Waals surface area contributed by atoms with Gasteiger partial charge < -0.3 is 5.11 Å². The van der Waals surface area contributed by atoms with Gasteiger partial charge in [-0.05, 0) is 26.0 Å². The van der Waals surface area contributed by atoms with Gasteiger partial charge in [0.05, 0.1) is 17.5 Å². The van der Waals surface area contributed by atoms with Crippen molar-refractivity contribution in [1.82, 2.24) is 9.38 Å². The molecule has 0 saturated heterocycles. The van der Waals surface area contributed by atoms with Gasteiger partial charge in [-0.2, -0.15) is 0 Å². The van der Waals surface area contributed by atoms with Crippen LogP contribution < -0.4 is 0 Å². The van der Waals surface area contributed by atoms with E-state index in [-0.39, 0.29) is 11.5 Å². The third-order valence-corrected chi connectivity index (χ3v) is 2.22. The Labute approximate surface area is 80.8 Å². The van der Waals surface area contributed by atoms with E-state index in [2.05, 4.69) is 4.98 Å². The third kappa shape index (κ3) is 1.19. The molecule has 0 aliphatic heterocycles. The lowest BCUT2D eigenvalue weighted by molar-refractivity contribution is 0.192. The van der Waals surface area contributed by atoms with E-state index in [1.807, 2.05) is 0 Å². The second-order valence-corrected chi connectivity index (χ2v) is 3.31. The highest BCUT2D eigenvalue weighted by atomic mass is 19.1. The Bertz CT molecular complexity index is 476. The highest BCUT2D eigenvalue weighted by Crippen LogP contribution is 2.20. The number of nitrogens with zero attached hydrogens (tertiary/aromatic N) is 2. The first-order valence-corrected chi connectivity index (χ1v) is 4.42. The van der Waals surface area contributed by atoms with Crippen molar-refractivity contribution >= 4 is 5.65 Å². The van der Waals surface area contributed by atoms with Crippen LogP contribution in [0.2, 0.25) is 0 Å². The average molecular weight is 194 g/mol. The minimum absolute atomic E-state index is 0.265. The van der Waals surface area contributed by atoms with Crippen molar-refractivity contribution in [3.8, 4) is 0 Å². The quantitative estimate of drug-likeness (QED) is 0.752. The lowest BCUT2D eigenvalue weighted by atomic mass is 10.2. The van der Waals surface area contributed by atoms with Crippen molar-refractivity contribution in [2.75, 3.05) is 0 Å². The molecule has 0 fully saturated rings. The number of hydrogen-bond acceptors (Lipinski definition) is 2. The van der Waals surface area contributed by atoms with Crippen LogP contribution in [-0.4, -0.2) is 14.5 Å². The maximum Gasteiger partial charge on any atom is 0.173 e. The number of aryl methyl sites for hydroxylation is 1. The van der Waals surface area contributed by atoms with Crippen LogP contribution >= 0.6 is 0 Å². The van der Waals surface area contributed by atoms with E-state index in [0.29, 0.717) is 11.4 Å². The van der Waals surface area contributed by atoms with Gasteiger partial charge >= 0.3 is 0 Å². The van der Waals surface area contributed by atoms with Crippen molar-refractivity contribution in [1.29, 1.82) is 0 Å². The van der Waals surface area contributed by atoms with Gasteiger partial charge in [0.2, 0.25) is 0 Å². The van der Waals surface area contributed by atoms with Gasteiger partial charge in [-0.15, -0.1) is 0 Å². The highest BCUT2D eigenvalue weighted by Gasteiger charge is 2.14. The number of aromatic nitrogens is 2. The lowest BCUT2D eigenvalue weighted by Crippen LogP contribution is -1.99. The first-order valence-electron chi connectivity index (χ1n) is 4.42. The van der Waals surface area contributed by atoms with E-state index >= 15 is 0 Å². The minimum atomic E-state index is -0.646. The largest absolute Gasteiger partial charge is 0.387 e. The SMILES string of the molecule is Cc1nc2c(F)cccn2c1C(C)O. The highest BCUT2D eigenvalue weighted by molar-refractivity contribution is 5.44. The molecule has 0 saturated carbocycles. The Morgan fingerprint density at radius 3 is 2.93 bits per heavy atom. The maximum atomic E-state index is 13.3. The topological polar surface area (TPSA) is 37.5 Å². The zero-order chi connectivity index (χ0) is 10.3. The number of pyridine rings is 1. The van der Waals surface area contributed by atoms with Crippen molar-refractivity contribution in [3.05, 3.63) is 35.5 Å². The molecule has 0 aliphatic carbocycles. The number of hydrogen-bond donors (Lipinski definition) is 1. The van der Waals surface area contributed by atoms with Crippen LogP contribution in [0.1, 0.15) is 24.4 Å². The number of halogens is 1. The Kier molecular flexibility index (Phi) is 2.00. The average Bonchev–Trinajstić information content (AvgIpc) is 2.42. The molecule has 2 heterocycles. The van der Waals surface area contributed by atoms with E-state index in [4.69, 9.17) is 0 Å².